The summed E-state index contributed by atoms with van der Waals surface area (Å²) < 4.78 is 19.0. The maximum atomic E-state index is 15.5. The molecule has 3 aromatic carbocycles. The Kier molecular flexibility index (Phi) is 10.8. The van der Waals surface area contributed by atoms with Gasteiger partial charge in [0.2, 0.25) is 5.91 Å². The van der Waals surface area contributed by atoms with Gasteiger partial charge in [-0.3, -0.25) is 24.2 Å². The molecule has 1 saturated heterocycles. The second-order valence-corrected chi connectivity index (χ2v) is 19.6. The highest BCUT2D eigenvalue weighted by Crippen LogP contribution is 2.68. The summed E-state index contributed by atoms with van der Waals surface area (Å²) in [5, 5.41) is 18.2. The van der Waals surface area contributed by atoms with Crippen LogP contribution in [-0.2, 0) is 47.5 Å². The largest absolute Gasteiger partial charge is 0.496 e. The summed E-state index contributed by atoms with van der Waals surface area (Å²) in [4.78, 5) is 53.6. The molecule has 3 N–H and O–H groups in total. The predicted octanol–water partition coefficient (Wildman–Crippen LogP) is 5.98. The average molecular weight is 882 g/mol. The number of hydrogen-bond acceptors (Lipinski definition) is 10. The zero-order valence-corrected chi connectivity index (χ0v) is 38.6. The third-order valence-electron chi connectivity index (χ3n) is 16.4. The summed E-state index contributed by atoms with van der Waals surface area (Å²) in [6, 6.07) is 21.3. The number of methoxy groups -OCH3 is 2. The Morgan fingerprint density at radius 1 is 0.985 bits per heavy atom. The number of esters is 2. The highest BCUT2D eigenvalue weighted by Gasteiger charge is 2.78. The minimum absolute atomic E-state index is 0.0312. The fourth-order valence-corrected chi connectivity index (χ4v) is 14.1. The number of amides is 1. The maximum absolute atomic E-state index is 15.5. The Hall–Kier alpha value is -5.43. The number of rotatable bonds is 10. The number of aromatic amines is 1. The lowest BCUT2D eigenvalue weighted by atomic mass is 9.47. The van der Waals surface area contributed by atoms with E-state index in [0.29, 0.717) is 31.6 Å². The first-order valence-corrected chi connectivity index (χ1v) is 23.6. The van der Waals surface area contributed by atoms with Gasteiger partial charge in [-0.25, -0.2) is 0 Å². The van der Waals surface area contributed by atoms with Gasteiger partial charge in [0.05, 0.1) is 33.2 Å². The van der Waals surface area contributed by atoms with E-state index in [0.717, 1.165) is 83.6 Å². The zero-order chi connectivity index (χ0) is 45.5. The lowest BCUT2D eigenvalue weighted by Gasteiger charge is -2.64. The fraction of sp³-hybridized carbons (Fsp3) is 0.491. The molecule has 2 fully saturated rings. The molecular weight excluding hydrogens is 819 g/mol. The van der Waals surface area contributed by atoms with Gasteiger partial charge in [-0.2, -0.15) is 0 Å². The molecule has 6 heterocycles. The van der Waals surface area contributed by atoms with Crippen molar-refractivity contribution in [3.63, 3.8) is 0 Å². The first kappa shape index (κ1) is 43.5. The molecule has 1 aliphatic carbocycles. The van der Waals surface area contributed by atoms with Crippen molar-refractivity contribution in [3.05, 3.63) is 118 Å². The van der Waals surface area contributed by atoms with Crippen LogP contribution in [0.25, 0.3) is 10.9 Å². The number of ether oxygens (including phenoxy) is 3. The van der Waals surface area contributed by atoms with Gasteiger partial charge in [0.15, 0.2) is 0 Å². The molecule has 3 unspecified atom stereocenters. The third-order valence-corrected chi connectivity index (χ3v) is 16.4. The van der Waals surface area contributed by atoms with Crippen LogP contribution < -0.4 is 15.0 Å². The zero-order valence-electron chi connectivity index (χ0n) is 38.6. The van der Waals surface area contributed by atoms with Crippen LogP contribution in [0.4, 0.5) is 5.69 Å². The van der Waals surface area contributed by atoms with Crippen molar-refractivity contribution in [1.82, 2.24) is 20.1 Å². The standard InChI is InChI=1S/C53H63N5O7/c1-7-34-25-36-29-52(49(61)64-6,45-38(19-23-57(30-34)31-36)37-17-12-13-18-41(37)55-45)40-27-39-42(28-43(40)63-5)56(4)47-51(39)21-24-58-22-14-20-50(8-2,46(51)58)48(65-33(3)59)53(47,62)32-54-44(60)26-35-15-10-9-11-16-35/h9-18,20,25,27-28,36,46-48,55,62H,7-8,19,21-24,26,29-32H2,1-6H3,(H,54,60)/t36-,46?,47+,48+,50+,51+,52-,53?/m0/s1. The van der Waals surface area contributed by atoms with E-state index < -0.39 is 40.0 Å². The predicted molar refractivity (Wildman–Crippen MR) is 250 cm³/mol. The molecule has 1 spiro atoms. The topological polar surface area (TPSA) is 137 Å². The van der Waals surface area contributed by atoms with Gasteiger partial charge >= 0.3 is 11.9 Å². The summed E-state index contributed by atoms with van der Waals surface area (Å²) in [5.41, 5.74) is 3.02. The van der Waals surface area contributed by atoms with E-state index in [-0.39, 0.29) is 36.8 Å². The monoisotopic (exact) mass is 881 g/mol. The van der Waals surface area contributed by atoms with Crippen molar-refractivity contribution >= 4 is 34.4 Å². The van der Waals surface area contributed by atoms with Gasteiger partial charge in [0.1, 0.15) is 22.9 Å². The molecule has 1 amide bonds. The first-order chi connectivity index (χ1) is 31.4. The van der Waals surface area contributed by atoms with Gasteiger partial charge in [-0.1, -0.05) is 86.2 Å². The number of H-pyrrole nitrogens is 1. The van der Waals surface area contributed by atoms with Crippen molar-refractivity contribution < 1.29 is 33.7 Å². The Morgan fingerprint density at radius 3 is 2.51 bits per heavy atom. The average Bonchev–Trinajstić information content (AvgIpc) is 3.98. The van der Waals surface area contributed by atoms with Crippen molar-refractivity contribution in [2.24, 2.45) is 11.3 Å². The van der Waals surface area contributed by atoms with E-state index in [1.807, 2.05) is 43.4 Å². The van der Waals surface area contributed by atoms with Crippen molar-refractivity contribution in [3.8, 4) is 5.75 Å². The molecule has 65 heavy (non-hydrogen) atoms. The van der Waals surface area contributed by atoms with Crippen LogP contribution in [0.2, 0.25) is 0 Å². The maximum Gasteiger partial charge on any atom is 0.322 e. The molecule has 2 bridgehead atoms. The second kappa shape index (κ2) is 16.2. The van der Waals surface area contributed by atoms with Crippen LogP contribution in [0.5, 0.6) is 5.75 Å². The van der Waals surface area contributed by atoms with E-state index in [1.165, 1.54) is 19.6 Å². The Bertz CT molecular complexity index is 2610. The summed E-state index contributed by atoms with van der Waals surface area (Å²) in [6.45, 7) is 9.58. The van der Waals surface area contributed by atoms with E-state index in [4.69, 9.17) is 14.2 Å². The first-order valence-electron chi connectivity index (χ1n) is 23.6. The highest BCUT2D eigenvalue weighted by atomic mass is 16.6. The number of para-hydroxylation sites is 1. The van der Waals surface area contributed by atoms with E-state index in [2.05, 4.69) is 87.4 Å². The number of benzene rings is 3. The second-order valence-electron chi connectivity index (χ2n) is 19.6. The molecule has 0 radical (unpaired) electrons. The van der Waals surface area contributed by atoms with E-state index in [1.54, 1.807) is 7.11 Å². The van der Waals surface area contributed by atoms with Gasteiger partial charge in [0, 0.05) is 90.9 Å². The van der Waals surface area contributed by atoms with Crippen LogP contribution >= 0.6 is 0 Å². The normalized spacial score (nSPS) is 32.2. The SMILES string of the molecule is CCC1=C[C@@H]2CN(CCc3c([nH]c4ccccc34)[C@@](C(=O)OC)(c3cc4c(cc3OC)N(C)[C@H]3C(O)(CNC(=O)Cc5ccccc5)[C@H](OC(C)=O)[C@]5(CC)C=CCN6CC[C@]43C65)C2)C1. The Balaban J connectivity index is 1.22. The number of carbonyl (C=O) groups is 3. The number of aromatic nitrogens is 1. The van der Waals surface area contributed by atoms with Crippen LogP contribution in [0.3, 0.4) is 0 Å². The number of aliphatic hydroxyl groups is 1. The van der Waals surface area contributed by atoms with Crippen LogP contribution in [0.15, 0.2) is 90.5 Å². The van der Waals surface area contributed by atoms with Crippen LogP contribution in [0, 0.1) is 11.3 Å². The number of hydrogen-bond donors (Lipinski definition) is 3. The number of fused-ring (bicyclic) bond motifs is 6. The Labute approximate surface area is 382 Å². The van der Waals surface area contributed by atoms with Crippen LogP contribution in [-0.4, -0.2) is 122 Å². The molecule has 9 atom stereocenters. The molecule has 12 heteroatoms. The summed E-state index contributed by atoms with van der Waals surface area (Å²) >= 11 is 0. The number of nitrogens with zero attached hydrogens (tertiary/aromatic N) is 3. The lowest BCUT2D eigenvalue weighted by Crippen LogP contribution is -2.81. The third kappa shape index (κ3) is 6.37. The van der Waals surface area contributed by atoms with Gasteiger partial charge < -0.3 is 34.5 Å². The molecular formula is C53H63N5O7. The Morgan fingerprint density at radius 2 is 1.77 bits per heavy atom. The molecule has 342 valence electrons. The number of anilines is 1. The van der Waals surface area contributed by atoms with Crippen LogP contribution in [0.1, 0.15) is 74.4 Å². The van der Waals surface area contributed by atoms with Gasteiger partial charge in [0.25, 0.3) is 0 Å². The minimum atomic E-state index is -1.78. The minimum Gasteiger partial charge on any atom is -0.496 e. The van der Waals surface area contributed by atoms with E-state index in [9.17, 15) is 14.7 Å². The molecule has 1 saturated carbocycles. The quantitative estimate of drug-likeness (QED) is 0.129. The molecule has 5 aliphatic heterocycles. The fourth-order valence-electron chi connectivity index (χ4n) is 14.1. The summed E-state index contributed by atoms with van der Waals surface area (Å²) in [7, 11) is 5.15. The van der Waals surface area contributed by atoms with E-state index >= 15 is 4.79 Å². The van der Waals surface area contributed by atoms with Crippen molar-refractivity contribution in [2.45, 2.75) is 93.9 Å². The van der Waals surface area contributed by atoms with Gasteiger partial charge in [-0.15, -0.1) is 0 Å². The summed E-state index contributed by atoms with van der Waals surface area (Å²) in [5.74, 6) is -0.515. The smallest absolute Gasteiger partial charge is 0.322 e. The molecule has 12 nitrogen and oxygen atoms in total. The summed E-state index contributed by atoms with van der Waals surface area (Å²) in [6.07, 6.45) is 9.22. The van der Waals surface area contributed by atoms with Gasteiger partial charge in [-0.05, 0) is 73.4 Å². The highest BCUT2D eigenvalue weighted by molar-refractivity contribution is 5.94. The molecule has 10 rings (SSSR count). The number of nitrogens with one attached hydrogen (secondary N) is 2. The number of carbonyl (C=O) groups excluding carboxylic acids is 3. The van der Waals surface area contributed by atoms with Crippen molar-refractivity contribution in [1.29, 1.82) is 0 Å². The number of likely N-dealkylation sites (N-methyl/N-ethyl adjacent to an activating group) is 1. The lowest BCUT2D eigenvalue weighted by molar-refractivity contribution is -0.217. The molecule has 6 aliphatic rings. The molecule has 4 aromatic rings. The van der Waals surface area contributed by atoms with Crippen molar-refractivity contribution in [2.75, 3.05) is 65.4 Å². The molecule has 1 aromatic heterocycles.